The molecule has 0 unspecified atom stereocenters. The van der Waals surface area contributed by atoms with Crippen LogP contribution in [0.3, 0.4) is 0 Å². The summed E-state index contributed by atoms with van der Waals surface area (Å²) < 4.78 is 1.87. The summed E-state index contributed by atoms with van der Waals surface area (Å²) in [4.78, 5) is 17.3. The lowest BCUT2D eigenvalue weighted by Gasteiger charge is -2.36. The van der Waals surface area contributed by atoms with Gasteiger partial charge in [-0.2, -0.15) is 5.10 Å². The van der Waals surface area contributed by atoms with Crippen molar-refractivity contribution in [3.63, 3.8) is 0 Å². The lowest BCUT2D eigenvalue weighted by molar-refractivity contribution is -0.116. The van der Waals surface area contributed by atoms with Crippen molar-refractivity contribution in [2.45, 2.75) is 20.3 Å². The Morgan fingerprint density at radius 1 is 1.00 bits per heavy atom. The number of aryl methyl sites for hydroxylation is 1. The number of amides is 1. The Morgan fingerprint density at radius 3 is 2.39 bits per heavy atom. The van der Waals surface area contributed by atoms with Crippen LogP contribution in [0.5, 0.6) is 0 Å². The number of carbonyl (C=O) groups is 1. The molecule has 0 bridgehead atoms. The van der Waals surface area contributed by atoms with E-state index >= 15 is 0 Å². The van der Waals surface area contributed by atoms with Crippen LogP contribution in [0.2, 0.25) is 5.02 Å². The van der Waals surface area contributed by atoms with Crippen molar-refractivity contribution >= 4 is 28.9 Å². The zero-order valence-electron chi connectivity index (χ0n) is 18.0. The maximum atomic E-state index is 12.6. The number of hydrogen-bond acceptors (Lipinski definition) is 4. The summed E-state index contributed by atoms with van der Waals surface area (Å²) in [7, 11) is 0. The Morgan fingerprint density at radius 2 is 1.68 bits per heavy atom. The number of rotatable bonds is 6. The Balaban J connectivity index is 1.30. The molecule has 2 heterocycles. The van der Waals surface area contributed by atoms with Gasteiger partial charge in [0, 0.05) is 39.1 Å². The van der Waals surface area contributed by atoms with Crippen LogP contribution in [-0.4, -0.2) is 53.3 Å². The minimum atomic E-state index is 0.0207. The van der Waals surface area contributed by atoms with E-state index in [2.05, 4.69) is 26.3 Å². The zero-order valence-corrected chi connectivity index (χ0v) is 18.8. The normalized spacial score (nSPS) is 14.6. The lowest BCUT2D eigenvalue weighted by atomic mass is 10.2. The molecular weight excluding hydrogens is 410 g/mol. The van der Waals surface area contributed by atoms with Gasteiger partial charge in [0.25, 0.3) is 0 Å². The monoisotopic (exact) mass is 437 g/mol. The first-order valence-electron chi connectivity index (χ1n) is 10.7. The molecule has 2 aromatic carbocycles. The number of anilines is 2. The van der Waals surface area contributed by atoms with E-state index < -0.39 is 0 Å². The van der Waals surface area contributed by atoms with Crippen molar-refractivity contribution in [3.05, 3.63) is 71.0 Å². The zero-order chi connectivity index (χ0) is 21.8. The molecule has 6 nitrogen and oxygen atoms in total. The maximum absolute atomic E-state index is 12.6. The van der Waals surface area contributed by atoms with Gasteiger partial charge in [0.2, 0.25) is 5.91 Å². The fourth-order valence-electron chi connectivity index (χ4n) is 4.03. The highest BCUT2D eigenvalue weighted by molar-refractivity contribution is 6.33. The second kappa shape index (κ2) is 9.54. The van der Waals surface area contributed by atoms with E-state index in [4.69, 9.17) is 11.6 Å². The molecule has 1 aromatic heterocycles. The fourth-order valence-corrected chi connectivity index (χ4v) is 4.28. The Kier molecular flexibility index (Phi) is 6.59. The van der Waals surface area contributed by atoms with Crippen LogP contribution in [0.1, 0.15) is 17.8 Å². The first-order chi connectivity index (χ1) is 15.0. The summed E-state index contributed by atoms with van der Waals surface area (Å²) in [6, 6.07) is 17.9. The molecule has 1 aliphatic heterocycles. The quantitative estimate of drug-likeness (QED) is 0.625. The molecule has 162 valence electrons. The fraction of sp³-hybridized carbons (Fsp3) is 0.333. The Bertz CT molecular complexity index is 1040. The minimum absolute atomic E-state index is 0.0207. The molecule has 31 heavy (non-hydrogen) atoms. The van der Waals surface area contributed by atoms with Crippen LogP contribution >= 0.6 is 11.6 Å². The highest BCUT2D eigenvalue weighted by Gasteiger charge is 2.20. The van der Waals surface area contributed by atoms with E-state index in [0.29, 0.717) is 6.42 Å². The summed E-state index contributed by atoms with van der Waals surface area (Å²) >= 11 is 6.32. The number of hydrogen-bond donors (Lipinski definition) is 1. The summed E-state index contributed by atoms with van der Waals surface area (Å²) in [6.07, 6.45) is 0.460. The highest BCUT2D eigenvalue weighted by Crippen LogP contribution is 2.26. The third kappa shape index (κ3) is 4.92. The average molecular weight is 438 g/mol. The van der Waals surface area contributed by atoms with Gasteiger partial charge in [0.1, 0.15) is 0 Å². The Hall–Kier alpha value is -2.83. The molecule has 1 aliphatic rings. The predicted octanol–water partition coefficient (Wildman–Crippen LogP) is 4.29. The second-order valence-corrected chi connectivity index (χ2v) is 8.28. The molecule has 4 rings (SSSR count). The van der Waals surface area contributed by atoms with Gasteiger partial charge in [-0.25, -0.2) is 4.68 Å². The van der Waals surface area contributed by atoms with Crippen molar-refractivity contribution < 1.29 is 4.79 Å². The molecule has 0 radical (unpaired) electrons. The van der Waals surface area contributed by atoms with E-state index in [0.717, 1.165) is 66.2 Å². The third-order valence-electron chi connectivity index (χ3n) is 5.78. The van der Waals surface area contributed by atoms with Gasteiger partial charge in [-0.3, -0.25) is 9.69 Å². The number of nitrogens with one attached hydrogen (secondary N) is 1. The molecule has 3 aromatic rings. The van der Waals surface area contributed by atoms with Gasteiger partial charge in [-0.1, -0.05) is 41.9 Å². The topological polar surface area (TPSA) is 53.4 Å². The summed E-state index contributed by atoms with van der Waals surface area (Å²) in [6.45, 7) is 8.31. The van der Waals surface area contributed by atoms with Crippen molar-refractivity contribution in [1.29, 1.82) is 0 Å². The Labute approximate surface area is 188 Å². The van der Waals surface area contributed by atoms with E-state index in [1.165, 1.54) is 0 Å². The number of aromatic nitrogens is 2. The van der Waals surface area contributed by atoms with Crippen molar-refractivity contribution in [2.75, 3.05) is 42.9 Å². The van der Waals surface area contributed by atoms with Crippen LogP contribution in [-0.2, 0) is 4.79 Å². The molecule has 1 amide bonds. The van der Waals surface area contributed by atoms with Gasteiger partial charge in [-0.05, 0) is 38.1 Å². The number of benzene rings is 2. The number of para-hydroxylation sites is 2. The largest absolute Gasteiger partial charge is 0.368 e. The van der Waals surface area contributed by atoms with E-state index in [9.17, 15) is 4.79 Å². The number of carbonyl (C=O) groups excluding carboxylic acids is 1. The smallest absolute Gasteiger partial charge is 0.225 e. The molecule has 7 heteroatoms. The van der Waals surface area contributed by atoms with Crippen LogP contribution in [0.25, 0.3) is 5.69 Å². The number of piperazine rings is 1. The minimum Gasteiger partial charge on any atom is -0.368 e. The summed E-state index contributed by atoms with van der Waals surface area (Å²) in [5.74, 6) is 0.0207. The van der Waals surface area contributed by atoms with Gasteiger partial charge in [0.15, 0.2) is 0 Å². The molecular formula is C24H28ClN5O. The van der Waals surface area contributed by atoms with Gasteiger partial charge in [0.05, 0.1) is 33.5 Å². The highest BCUT2D eigenvalue weighted by atomic mass is 35.5. The summed E-state index contributed by atoms with van der Waals surface area (Å²) in [5.41, 5.74) is 4.63. The van der Waals surface area contributed by atoms with Gasteiger partial charge in [-0.15, -0.1) is 0 Å². The molecule has 0 atom stereocenters. The van der Waals surface area contributed by atoms with Crippen molar-refractivity contribution in [3.8, 4) is 5.69 Å². The van der Waals surface area contributed by atoms with E-state index in [1.54, 1.807) is 0 Å². The molecule has 1 saturated heterocycles. The molecule has 1 fully saturated rings. The SMILES string of the molecule is Cc1nn(-c2ccccc2)c(C)c1NC(=O)CCN1CCN(c2ccccc2Cl)CC1. The van der Waals surface area contributed by atoms with Crippen LogP contribution in [0.4, 0.5) is 11.4 Å². The molecule has 0 spiro atoms. The standard InChI is InChI=1S/C24H28ClN5O/c1-18-24(19(2)30(27-18)20-8-4-3-5-9-20)26-23(31)12-13-28-14-16-29(17-15-28)22-11-7-6-10-21(22)25/h3-11H,12-17H2,1-2H3,(H,26,31). The molecule has 1 N–H and O–H groups in total. The van der Waals surface area contributed by atoms with E-state index in [1.807, 2.05) is 67.1 Å². The first kappa shape index (κ1) is 21.4. The number of nitrogens with zero attached hydrogens (tertiary/aromatic N) is 4. The first-order valence-corrected chi connectivity index (χ1v) is 11.0. The molecule has 0 saturated carbocycles. The number of halogens is 1. The van der Waals surface area contributed by atoms with Crippen molar-refractivity contribution in [2.24, 2.45) is 0 Å². The lowest BCUT2D eigenvalue weighted by Crippen LogP contribution is -2.47. The predicted molar refractivity (Wildman–Crippen MR) is 126 cm³/mol. The summed E-state index contributed by atoms with van der Waals surface area (Å²) in [5, 5.41) is 8.47. The van der Waals surface area contributed by atoms with Gasteiger partial charge >= 0.3 is 0 Å². The van der Waals surface area contributed by atoms with Crippen LogP contribution in [0, 0.1) is 13.8 Å². The van der Waals surface area contributed by atoms with Crippen molar-refractivity contribution in [1.82, 2.24) is 14.7 Å². The third-order valence-corrected chi connectivity index (χ3v) is 6.10. The van der Waals surface area contributed by atoms with Crippen LogP contribution < -0.4 is 10.2 Å². The van der Waals surface area contributed by atoms with Gasteiger partial charge < -0.3 is 10.2 Å². The molecule has 0 aliphatic carbocycles. The average Bonchev–Trinajstić information content (AvgIpc) is 3.07. The van der Waals surface area contributed by atoms with Crippen LogP contribution in [0.15, 0.2) is 54.6 Å². The van der Waals surface area contributed by atoms with E-state index in [-0.39, 0.29) is 5.91 Å². The second-order valence-electron chi connectivity index (χ2n) is 7.87. The maximum Gasteiger partial charge on any atom is 0.225 e.